The number of ketones is 1. The summed E-state index contributed by atoms with van der Waals surface area (Å²) in [4.78, 5) is 32.8. The van der Waals surface area contributed by atoms with Crippen molar-refractivity contribution >= 4 is 17.7 Å². The zero-order valence-corrected chi connectivity index (χ0v) is 15.6. The molecule has 1 aromatic rings. The number of hydrogen-bond acceptors (Lipinski definition) is 6. The average molecular weight is 391 g/mol. The lowest BCUT2D eigenvalue weighted by atomic mass is 10.1. The van der Waals surface area contributed by atoms with Crippen LogP contribution >= 0.6 is 0 Å². The molecule has 1 fully saturated rings. The highest BCUT2D eigenvalue weighted by molar-refractivity contribution is 5.96. The van der Waals surface area contributed by atoms with Gasteiger partial charge in [-0.15, -0.1) is 0 Å². The molecule has 0 saturated carbocycles. The van der Waals surface area contributed by atoms with Gasteiger partial charge in [0.2, 0.25) is 0 Å². The minimum Gasteiger partial charge on any atom is -0.545 e. The first-order valence-corrected chi connectivity index (χ1v) is 9.34. The van der Waals surface area contributed by atoms with E-state index in [1.807, 2.05) is 18.2 Å². The van der Waals surface area contributed by atoms with Crippen molar-refractivity contribution < 1.29 is 39.0 Å². The molecular weight excluding hydrogens is 366 g/mol. The molecule has 0 bridgehead atoms. The first-order chi connectivity index (χ1) is 13.5. The lowest BCUT2D eigenvalue weighted by Gasteiger charge is -2.18. The SMILES string of the molecule is O=C(CCC[NH+]1CCCC1)c1ccc2c(c1)OCCO2.O=C([O-])/C=C\C(=O)O. The fourth-order valence-electron chi connectivity index (χ4n) is 3.12. The van der Waals surface area contributed by atoms with E-state index in [9.17, 15) is 19.5 Å². The summed E-state index contributed by atoms with van der Waals surface area (Å²) in [5, 5.41) is 17.2. The van der Waals surface area contributed by atoms with Gasteiger partial charge in [0.25, 0.3) is 0 Å². The van der Waals surface area contributed by atoms with E-state index < -0.39 is 11.9 Å². The average Bonchev–Trinajstić information content (AvgIpc) is 3.20. The second-order valence-electron chi connectivity index (χ2n) is 6.58. The third-order valence-electron chi connectivity index (χ3n) is 4.47. The molecule has 28 heavy (non-hydrogen) atoms. The molecule has 0 atom stereocenters. The molecule has 0 aromatic heterocycles. The molecule has 2 heterocycles. The van der Waals surface area contributed by atoms with E-state index in [4.69, 9.17) is 14.6 Å². The number of nitrogens with one attached hydrogen (secondary N) is 1. The van der Waals surface area contributed by atoms with Crippen LogP contribution in [0.25, 0.3) is 0 Å². The number of aliphatic carboxylic acids is 2. The monoisotopic (exact) mass is 391 g/mol. The Kier molecular flexibility index (Phi) is 8.48. The van der Waals surface area contributed by atoms with Gasteiger partial charge in [-0.2, -0.15) is 0 Å². The lowest BCUT2D eigenvalue weighted by Crippen LogP contribution is -3.10. The molecule has 2 aliphatic heterocycles. The summed E-state index contributed by atoms with van der Waals surface area (Å²) in [5.41, 5.74) is 0.741. The zero-order valence-electron chi connectivity index (χ0n) is 15.6. The van der Waals surface area contributed by atoms with Crippen LogP contribution in [-0.2, 0) is 9.59 Å². The van der Waals surface area contributed by atoms with Gasteiger partial charge in [-0.25, -0.2) is 4.79 Å². The minimum atomic E-state index is -1.51. The number of fused-ring (bicyclic) bond motifs is 1. The molecule has 0 radical (unpaired) electrons. The Morgan fingerprint density at radius 2 is 1.75 bits per heavy atom. The quantitative estimate of drug-likeness (QED) is 0.474. The van der Waals surface area contributed by atoms with Gasteiger partial charge in [-0.3, -0.25) is 4.79 Å². The van der Waals surface area contributed by atoms with Gasteiger partial charge in [0.05, 0.1) is 25.6 Å². The van der Waals surface area contributed by atoms with Gasteiger partial charge in [-0.1, -0.05) is 0 Å². The number of carbonyl (C=O) groups is 3. The Bertz CT molecular complexity index is 707. The fourth-order valence-corrected chi connectivity index (χ4v) is 3.12. The van der Waals surface area contributed by atoms with Crippen molar-refractivity contribution in [3.63, 3.8) is 0 Å². The van der Waals surface area contributed by atoms with Crippen molar-refractivity contribution in [1.29, 1.82) is 0 Å². The summed E-state index contributed by atoms with van der Waals surface area (Å²) in [7, 11) is 0. The van der Waals surface area contributed by atoms with Crippen molar-refractivity contribution in [3.8, 4) is 11.5 Å². The van der Waals surface area contributed by atoms with E-state index in [1.165, 1.54) is 25.9 Å². The molecule has 2 N–H and O–H groups in total. The molecule has 0 spiro atoms. The van der Waals surface area contributed by atoms with Gasteiger partial charge < -0.3 is 29.4 Å². The topological polar surface area (TPSA) is 117 Å². The molecule has 0 amide bonds. The minimum absolute atomic E-state index is 0.209. The number of likely N-dealkylation sites (tertiary alicyclic amines) is 1. The zero-order chi connectivity index (χ0) is 20.4. The molecule has 0 aliphatic carbocycles. The Morgan fingerprint density at radius 3 is 2.36 bits per heavy atom. The second-order valence-corrected chi connectivity index (χ2v) is 6.58. The first-order valence-electron chi connectivity index (χ1n) is 9.34. The van der Waals surface area contributed by atoms with E-state index in [1.54, 1.807) is 4.90 Å². The second kappa shape index (κ2) is 11.1. The van der Waals surface area contributed by atoms with E-state index in [2.05, 4.69) is 0 Å². The van der Waals surface area contributed by atoms with Gasteiger partial charge >= 0.3 is 5.97 Å². The number of quaternary nitrogens is 1. The smallest absolute Gasteiger partial charge is 0.328 e. The number of carbonyl (C=O) groups excluding carboxylic acids is 2. The molecule has 8 nitrogen and oxygen atoms in total. The molecule has 3 rings (SSSR count). The van der Waals surface area contributed by atoms with Crippen molar-refractivity contribution in [3.05, 3.63) is 35.9 Å². The number of Topliss-reactive ketones (excluding diaryl/α,β-unsaturated/α-hetero) is 1. The molecule has 2 aliphatic rings. The number of hydrogen-bond donors (Lipinski definition) is 2. The van der Waals surface area contributed by atoms with E-state index in [0.717, 1.165) is 24.3 Å². The molecule has 8 heteroatoms. The van der Waals surface area contributed by atoms with Crippen LogP contribution < -0.4 is 19.5 Å². The number of benzene rings is 1. The van der Waals surface area contributed by atoms with Crippen LogP contribution in [0.2, 0.25) is 0 Å². The number of rotatable bonds is 7. The predicted molar refractivity (Wildman–Crippen MR) is 97.6 cm³/mol. The number of carboxylic acid groups (broad SMARTS) is 2. The third-order valence-corrected chi connectivity index (χ3v) is 4.47. The molecule has 0 unspecified atom stereocenters. The van der Waals surface area contributed by atoms with E-state index >= 15 is 0 Å². The van der Waals surface area contributed by atoms with Crippen LogP contribution in [0.5, 0.6) is 11.5 Å². The summed E-state index contributed by atoms with van der Waals surface area (Å²) >= 11 is 0. The van der Waals surface area contributed by atoms with Gasteiger partial charge in [-0.05, 0) is 24.3 Å². The number of carboxylic acids is 2. The third kappa shape index (κ3) is 7.40. The van der Waals surface area contributed by atoms with Crippen LogP contribution in [0.15, 0.2) is 30.4 Å². The van der Waals surface area contributed by atoms with Gasteiger partial charge in [0, 0.05) is 37.3 Å². The summed E-state index contributed by atoms with van der Waals surface area (Å²) in [5.74, 6) is -1.15. The highest BCUT2D eigenvalue weighted by Crippen LogP contribution is 2.31. The normalized spacial score (nSPS) is 15.7. The van der Waals surface area contributed by atoms with Crippen LogP contribution in [0.3, 0.4) is 0 Å². The maximum absolute atomic E-state index is 12.2. The highest BCUT2D eigenvalue weighted by Gasteiger charge is 2.17. The Hall–Kier alpha value is -2.87. The lowest BCUT2D eigenvalue weighted by molar-refractivity contribution is -0.887. The maximum Gasteiger partial charge on any atom is 0.328 e. The molecular formula is C20H25NO7. The van der Waals surface area contributed by atoms with Gasteiger partial charge in [0.1, 0.15) is 13.2 Å². The van der Waals surface area contributed by atoms with Crippen molar-refractivity contribution in [2.45, 2.75) is 25.7 Å². The van der Waals surface area contributed by atoms with Crippen molar-refractivity contribution in [2.24, 2.45) is 0 Å². The first kappa shape index (κ1) is 21.4. The van der Waals surface area contributed by atoms with E-state index in [0.29, 0.717) is 37.5 Å². The Morgan fingerprint density at radius 1 is 1.07 bits per heavy atom. The molecule has 1 aromatic carbocycles. The van der Waals surface area contributed by atoms with Crippen molar-refractivity contribution in [2.75, 3.05) is 32.8 Å². The summed E-state index contributed by atoms with van der Waals surface area (Å²) < 4.78 is 11.0. The van der Waals surface area contributed by atoms with Crippen LogP contribution in [0.4, 0.5) is 0 Å². The summed E-state index contributed by atoms with van der Waals surface area (Å²) in [6.45, 7) is 4.81. The standard InChI is InChI=1S/C16H21NO3.C4H4O4/c18-14(4-3-9-17-7-1-2-8-17)13-5-6-15-16(12-13)20-11-10-19-15;5-3(6)1-2-4(7)8/h5-6,12H,1-4,7-11H2;1-2H,(H,5,6)(H,7,8)/b;2-1-. The van der Waals surface area contributed by atoms with E-state index in [-0.39, 0.29) is 5.78 Å². The summed E-state index contributed by atoms with van der Waals surface area (Å²) in [6, 6.07) is 5.51. The highest BCUT2D eigenvalue weighted by atomic mass is 16.6. The predicted octanol–water partition coefficient (Wildman–Crippen LogP) is -0.523. The molecule has 1 saturated heterocycles. The van der Waals surface area contributed by atoms with Crippen LogP contribution in [0, 0.1) is 0 Å². The largest absolute Gasteiger partial charge is 0.545 e. The van der Waals surface area contributed by atoms with Crippen LogP contribution in [-0.4, -0.2) is 55.7 Å². The van der Waals surface area contributed by atoms with Crippen LogP contribution in [0.1, 0.15) is 36.0 Å². The van der Waals surface area contributed by atoms with Gasteiger partial charge in [0.15, 0.2) is 17.3 Å². The Balaban J connectivity index is 0.000000300. The maximum atomic E-state index is 12.2. The summed E-state index contributed by atoms with van der Waals surface area (Å²) in [6.07, 6.45) is 5.22. The van der Waals surface area contributed by atoms with Crippen molar-refractivity contribution in [1.82, 2.24) is 0 Å². The fraction of sp³-hybridized carbons (Fsp3) is 0.450. The molecule has 152 valence electrons. The number of ether oxygens (including phenoxy) is 2. The Labute approximate surface area is 163 Å².